The number of hydrogen-bond acceptors (Lipinski definition) is 8. The first kappa shape index (κ1) is 20.2. The molecule has 3 N–H and O–H groups in total. The lowest BCUT2D eigenvalue weighted by Crippen LogP contribution is -2.50. The minimum Gasteiger partial charge on any atom is -0.481 e. The molecule has 0 aromatic heterocycles. The highest BCUT2D eigenvalue weighted by atomic mass is 32.2. The third kappa shape index (κ3) is 5.43. The van der Waals surface area contributed by atoms with Crippen molar-refractivity contribution in [3.63, 3.8) is 0 Å². The number of urea groups is 1. The zero-order valence-corrected chi connectivity index (χ0v) is 15.3. The zero-order chi connectivity index (χ0) is 20.0. The number of guanidine groups is 1. The SMILES string of the molecule is COC1=CCN(OC)C(NC(=O)NS(=O)(=O)Cc2ccccc2C(=O)O)=N1. The van der Waals surface area contributed by atoms with E-state index in [1.807, 2.05) is 0 Å². The Hall–Kier alpha value is -3.12. The van der Waals surface area contributed by atoms with E-state index >= 15 is 0 Å². The molecule has 2 amide bonds. The monoisotopic (exact) mass is 398 g/mol. The second kappa shape index (κ2) is 8.51. The van der Waals surface area contributed by atoms with Crippen molar-refractivity contribution in [2.45, 2.75) is 5.75 Å². The Morgan fingerprint density at radius 2 is 2.00 bits per heavy atom. The molecule has 0 fully saturated rings. The van der Waals surface area contributed by atoms with Crippen LogP contribution in [0.3, 0.4) is 0 Å². The van der Waals surface area contributed by atoms with Gasteiger partial charge in [0, 0.05) is 0 Å². The van der Waals surface area contributed by atoms with E-state index in [2.05, 4.69) is 10.3 Å². The summed E-state index contributed by atoms with van der Waals surface area (Å²) in [6, 6.07) is 4.53. The Balaban J connectivity index is 2.09. The van der Waals surface area contributed by atoms with Crippen molar-refractivity contribution in [1.29, 1.82) is 0 Å². The van der Waals surface area contributed by atoms with E-state index in [1.165, 1.54) is 43.5 Å². The number of sulfonamides is 1. The van der Waals surface area contributed by atoms with E-state index in [-0.39, 0.29) is 29.5 Å². The van der Waals surface area contributed by atoms with Gasteiger partial charge in [0.2, 0.25) is 21.9 Å². The number of rotatable bonds is 6. The van der Waals surface area contributed by atoms with Crippen LogP contribution >= 0.6 is 0 Å². The van der Waals surface area contributed by atoms with Gasteiger partial charge >= 0.3 is 12.0 Å². The van der Waals surface area contributed by atoms with Crippen LogP contribution in [0.4, 0.5) is 4.79 Å². The van der Waals surface area contributed by atoms with E-state index in [4.69, 9.17) is 14.7 Å². The molecule has 1 aliphatic rings. The lowest BCUT2D eigenvalue weighted by molar-refractivity contribution is -0.0606. The molecule has 1 aliphatic heterocycles. The van der Waals surface area contributed by atoms with Crippen LogP contribution in [0.15, 0.2) is 41.2 Å². The number of ether oxygens (including phenoxy) is 1. The van der Waals surface area contributed by atoms with Gasteiger partial charge in [0.1, 0.15) is 0 Å². The van der Waals surface area contributed by atoms with Gasteiger partial charge in [0.05, 0.1) is 32.1 Å². The molecule has 1 heterocycles. The fourth-order valence-electron chi connectivity index (χ4n) is 2.20. The molecule has 146 valence electrons. The molecule has 1 aromatic rings. The lowest BCUT2D eigenvalue weighted by Gasteiger charge is -2.25. The molecule has 0 aliphatic carbocycles. The Bertz CT molecular complexity index is 895. The summed E-state index contributed by atoms with van der Waals surface area (Å²) in [4.78, 5) is 32.2. The van der Waals surface area contributed by atoms with Gasteiger partial charge in [0.15, 0.2) is 0 Å². The van der Waals surface area contributed by atoms with E-state index in [1.54, 1.807) is 10.8 Å². The predicted octanol–water partition coefficient (Wildman–Crippen LogP) is 0.235. The molecular formula is C15H18N4O7S. The van der Waals surface area contributed by atoms with E-state index < -0.39 is 27.8 Å². The van der Waals surface area contributed by atoms with Crippen LogP contribution < -0.4 is 10.0 Å². The van der Waals surface area contributed by atoms with E-state index in [9.17, 15) is 18.0 Å². The van der Waals surface area contributed by atoms with Crippen LogP contribution in [-0.4, -0.2) is 57.3 Å². The number of aliphatic imine (C=N–C) groups is 1. The number of hydroxylamine groups is 2. The molecule has 0 spiro atoms. The number of carboxylic acids is 1. The highest BCUT2D eigenvalue weighted by Crippen LogP contribution is 2.12. The minimum absolute atomic E-state index is 0.0448. The molecule has 0 bridgehead atoms. The van der Waals surface area contributed by atoms with Crippen LogP contribution in [0.1, 0.15) is 15.9 Å². The highest BCUT2D eigenvalue weighted by Gasteiger charge is 2.23. The molecule has 1 aromatic carbocycles. The van der Waals surface area contributed by atoms with E-state index in [0.717, 1.165) is 0 Å². The van der Waals surface area contributed by atoms with Crippen molar-refractivity contribution in [3.05, 3.63) is 47.4 Å². The topological polar surface area (TPSA) is 147 Å². The summed E-state index contributed by atoms with van der Waals surface area (Å²) in [6.07, 6.45) is 1.59. The number of amides is 2. The predicted molar refractivity (Wildman–Crippen MR) is 93.9 cm³/mol. The number of nitrogens with zero attached hydrogens (tertiary/aromatic N) is 2. The maximum atomic E-state index is 12.2. The van der Waals surface area contributed by atoms with Gasteiger partial charge in [-0.05, 0) is 17.7 Å². The molecule has 2 rings (SSSR count). The summed E-state index contributed by atoms with van der Waals surface area (Å²) in [7, 11) is -1.43. The van der Waals surface area contributed by atoms with Crippen molar-refractivity contribution in [3.8, 4) is 0 Å². The summed E-state index contributed by atoms with van der Waals surface area (Å²) >= 11 is 0. The first-order chi connectivity index (χ1) is 12.8. The van der Waals surface area contributed by atoms with Gasteiger partial charge in [-0.25, -0.2) is 27.8 Å². The molecule has 0 saturated heterocycles. The van der Waals surface area contributed by atoms with Gasteiger partial charge in [0.25, 0.3) is 0 Å². The Morgan fingerprint density at radius 3 is 2.63 bits per heavy atom. The summed E-state index contributed by atoms with van der Waals surface area (Å²) in [6.45, 7) is 0.220. The maximum absolute atomic E-state index is 12.2. The summed E-state index contributed by atoms with van der Waals surface area (Å²) in [5.74, 6) is -1.81. The lowest BCUT2D eigenvalue weighted by atomic mass is 10.1. The third-order valence-corrected chi connectivity index (χ3v) is 4.57. The number of aromatic carboxylic acids is 1. The Morgan fingerprint density at radius 1 is 1.30 bits per heavy atom. The van der Waals surface area contributed by atoms with Crippen molar-refractivity contribution in [2.75, 3.05) is 20.8 Å². The fourth-order valence-corrected chi connectivity index (χ4v) is 3.26. The van der Waals surface area contributed by atoms with Gasteiger partial charge < -0.3 is 9.84 Å². The number of carboxylic acid groups (broad SMARTS) is 1. The molecular weight excluding hydrogens is 380 g/mol. The van der Waals surface area contributed by atoms with Crippen molar-refractivity contribution in [2.24, 2.45) is 4.99 Å². The average Bonchev–Trinajstić information content (AvgIpc) is 2.60. The zero-order valence-electron chi connectivity index (χ0n) is 14.5. The summed E-state index contributed by atoms with van der Waals surface area (Å²) < 4.78 is 31.2. The number of carbonyl (C=O) groups is 2. The van der Waals surface area contributed by atoms with Gasteiger partial charge in [-0.15, -0.1) is 0 Å². The van der Waals surface area contributed by atoms with Crippen LogP contribution in [0.5, 0.6) is 0 Å². The number of hydrogen-bond donors (Lipinski definition) is 3. The Labute approximate surface area is 155 Å². The quantitative estimate of drug-likeness (QED) is 0.617. The fraction of sp³-hybridized carbons (Fsp3) is 0.267. The van der Waals surface area contributed by atoms with E-state index in [0.29, 0.717) is 0 Å². The van der Waals surface area contributed by atoms with Crippen LogP contribution in [0, 0.1) is 0 Å². The van der Waals surface area contributed by atoms with Crippen LogP contribution in [-0.2, 0) is 25.4 Å². The van der Waals surface area contributed by atoms with Gasteiger partial charge in [-0.1, -0.05) is 18.2 Å². The number of methoxy groups -OCH3 is 1. The van der Waals surface area contributed by atoms with Crippen LogP contribution in [0.25, 0.3) is 0 Å². The first-order valence-corrected chi connectivity index (χ1v) is 9.18. The molecule has 11 nitrogen and oxygen atoms in total. The molecule has 0 atom stereocenters. The van der Waals surface area contributed by atoms with Crippen molar-refractivity contribution >= 4 is 28.0 Å². The number of benzene rings is 1. The molecule has 0 saturated carbocycles. The first-order valence-electron chi connectivity index (χ1n) is 7.53. The smallest absolute Gasteiger partial charge is 0.335 e. The summed E-state index contributed by atoms with van der Waals surface area (Å²) in [5, 5.41) is 12.6. The number of carbonyl (C=O) groups excluding carboxylic acids is 1. The second-order valence-corrected chi connectivity index (χ2v) is 6.93. The second-order valence-electron chi connectivity index (χ2n) is 5.20. The summed E-state index contributed by atoms with van der Waals surface area (Å²) in [5.41, 5.74) is -0.121. The molecule has 12 heteroatoms. The third-order valence-electron chi connectivity index (χ3n) is 3.38. The molecule has 27 heavy (non-hydrogen) atoms. The maximum Gasteiger partial charge on any atom is 0.335 e. The van der Waals surface area contributed by atoms with Crippen molar-refractivity contribution < 1.29 is 32.7 Å². The normalized spacial score (nSPS) is 14.1. The van der Waals surface area contributed by atoms with Gasteiger partial charge in [-0.2, -0.15) is 4.99 Å². The standard InChI is InChI=1S/C15H18N4O7S/c1-25-12-7-8-19(26-2)14(16-12)17-15(22)18-27(23,24)9-10-5-3-4-6-11(10)13(20)21/h3-7H,8-9H2,1-2H3,(H,20,21)(H2,16,17,18,22). The minimum atomic E-state index is -4.17. The largest absolute Gasteiger partial charge is 0.481 e. The van der Waals surface area contributed by atoms with Crippen LogP contribution in [0.2, 0.25) is 0 Å². The highest BCUT2D eigenvalue weighted by molar-refractivity contribution is 7.89. The average molecular weight is 398 g/mol. The molecule has 0 radical (unpaired) electrons. The number of nitrogens with one attached hydrogen (secondary N) is 2. The van der Waals surface area contributed by atoms with Gasteiger partial charge in [-0.3, -0.25) is 10.2 Å². The molecule has 0 unspecified atom stereocenters. The van der Waals surface area contributed by atoms with Crippen molar-refractivity contribution in [1.82, 2.24) is 15.1 Å². The Kier molecular flexibility index (Phi) is 6.36.